The first-order chi connectivity index (χ1) is 6.93. The number of benzene rings is 1. The van der Waals surface area contributed by atoms with Crippen LogP contribution in [0.25, 0.3) is 0 Å². The number of carbonyl (C=O) groups is 1. The summed E-state index contributed by atoms with van der Waals surface area (Å²) >= 11 is 3.21. The molecule has 1 rings (SSSR count). The van der Waals surface area contributed by atoms with Crippen LogP contribution in [0.4, 0.5) is 0 Å². The second-order valence-electron chi connectivity index (χ2n) is 3.23. The lowest BCUT2D eigenvalue weighted by atomic mass is 10.00. The van der Waals surface area contributed by atoms with E-state index in [4.69, 9.17) is 5.11 Å². The molecule has 2 atom stereocenters. The van der Waals surface area contributed by atoms with Crippen molar-refractivity contribution in [3.05, 3.63) is 33.8 Å². The second kappa shape index (κ2) is 4.74. The minimum atomic E-state index is -1.81. The maximum absolute atomic E-state index is 10.5. The van der Waals surface area contributed by atoms with Gasteiger partial charge in [-0.2, -0.15) is 0 Å². The van der Waals surface area contributed by atoms with Gasteiger partial charge < -0.3 is 15.3 Å². The van der Waals surface area contributed by atoms with Gasteiger partial charge in [-0.25, -0.2) is 4.79 Å². The van der Waals surface area contributed by atoms with E-state index in [-0.39, 0.29) is 0 Å². The number of aryl methyl sites for hydroxylation is 1. The van der Waals surface area contributed by atoms with E-state index >= 15 is 0 Å². The fourth-order valence-electron chi connectivity index (χ4n) is 1.24. The highest BCUT2D eigenvalue weighted by Crippen LogP contribution is 2.24. The van der Waals surface area contributed by atoms with Crippen LogP contribution in [0.2, 0.25) is 0 Å². The predicted octanol–water partition coefficient (Wildman–Crippen LogP) is 1.24. The minimum Gasteiger partial charge on any atom is -0.479 e. The Bertz CT molecular complexity index is 378. The molecule has 5 heteroatoms. The molecule has 0 saturated heterocycles. The van der Waals surface area contributed by atoms with Gasteiger partial charge in [0.2, 0.25) is 0 Å². The summed E-state index contributed by atoms with van der Waals surface area (Å²) in [6.07, 6.45) is -3.22. The first kappa shape index (κ1) is 12.2. The van der Waals surface area contributed by atoms with Crippen molar-refractivity contribution in [3.8, 4) is 0 Å². The van der Waals surface area contributed by atoms with Gasteiger partial charge in [-0.3, -0.25) is 0 Å². The highest BCUT2D eigenvalue weighted by molar-refractivity contribution is 9.10. The molecule has 0 aliphatic rings. The van der Waals surface area contributed by atoms with Crippen molar-refractivity contribution >= 4 is 21.9 Å². The Balaban J connectivity index is 3.04. The fourth-order valence-corrected chi connectivity index (χ4v) is 1.61. The van der Waals surface area contributed by atoms with Crippen molar-refractivity contribution < 1.29 is 20.1 Å². The van der Waals surface area contributed by atoms with Gasteiger partial charge >= 0.3 is 5.97 Å². The molecule has 0 amide bonds. The molecule has 0 aromatic heterocycles. The summed E-state index contributed by atoms with van der Waals surface area (Å²) < 4.78 is 0.722. The third-order valence-corrected chi connectivity index (χ3v) is 2.61. The zero-order chi connectivity index (χ0) is 11.6. The normalized spacial score (nSPS) is 14.7. The summed E-state index contributed by atoms with van der Waals surface area (Å²) in [4.78, 5) is 10.5. The average Bonchev–Trinajstić information content (AvgIpc) is 2.19. The highest BCUT2D eigenvalue weighted by atomic mass is 79.9. The predicted molar refractivity (Wildman–Crippen MR) is 57.5 cm³/mol. The van der Waals surface area contributed by atoms with Gasteiger partial charge in [-0.15, -0.1) is 0 Å². The topological polar surface area (TPSA) is 77.8 Å². The molecule has 1 aromatic rings. The van der Waals surface area contributed by atoms with Crippen molar-refractivity contribution in [2.45, 2.75) is 19.1 Å². The van der Waals surface area contributed by atoms with Crippen LogP contribution in [0.15, 0.2) is 22.7 Å². The first-order valence-electron chi connectivity index (χ1n) is 4.28. The van der Waals surface area contributed by atoms with E-state index in [2.05, 4.69) is 15.9 Å². The number of halogens is 1. The third kappa shape index (κ3) is 2.77. The standard InChI is InChI=1S/C10H11BrO4/c1-5-2-3-6(11)4-7(5)8(12)9(13)10(14)15/h2-4,8-9,12-13H,1H3,(H,14,15). The molecule has 15 heavy (non-hydrogen) atoms. The quantitative estimate of drug-likeness (QED) is 0.775. The van der Waals surface area contributed by atoms with E-state index in [1.165, 1.54) is 0 Å². The second-order valence-corrected chi connectivity index (χ2v) is 4.14. The summed E-state index contributed by atoms with van der Waals surface area (Å²) in [6, 6.07) is 5.10. The zero-order valence-corrected chi connectivity index (χ0v) is 9.60. The Morgan fingerprint density at radius 1 is 1.40 bits per heavy atom. The van der Waals surface area contributed by atoms with E-state index in [0.717, 1.165) is 10.0 Å². The Hall–Kier alpha value is -0.910. The molecule has 0 aliphatic carbocycles. The van der Waals surface area contributed by atoms with Crippen molar-refractivity contribution in [1.29, 1.82) is 0 Å². The molecule has 0 heterocycles. The lowest BCUT2D eigenvalue weighted by molar-refractivity contribution is -0.153. The van der Waals surface area contributed by atoms with Crippen molar-refractivity contribution in [2.75, 3.05) is 0 Å². The van der Waals surface area contributed by atoms with Gasteiger partial charge in [0, 0.05) is 4.47 Å². The van der Waals surface area contributed by atoms with Gasteiger partial charge in [-0.05, 0) is 30.2 Å². The van der Waals surface area contributed by atoms with Crippen LogP contribution >= 0.6 is 15.9 Å². The molecule has 0 radical (unpaired) electrons. The Morgan fingerprint density at radius 3 is 2.53 bits per heavy atom. The molecule has 0 aliphatic heterocycles. The van der Waals surface area contributed by atoms with E-state index in [9.17, 15) is 15.0 Å². The maximum atomic E-state index is 10.5. The maximum Gasteiger partial charge on any atom is 0.335 e. The summed E-state index contributed by atoms with van der Waals surface area (Å²) in [5.74, 6) is -1.44. The molecule has 2 unspecified atom stereocenters. The first-order valence-corrected chi connectivity index (χ1v) is 5.07. The largest absolute Gasteiger partial charge is 0.479 e. The van der Waals surface area contributed by atoms with Crippen LogP contribution in [-0.4, -0.2) is 27.4 Å². The zero-order valence-electron chi connectivity index (χ0n) is 8.01. The van der Waals surface area contributed by atoms with E-state index < -0.39 is 18.2 Å². The molecule has 82 valence electrons. The van der Waals surface area contributed by atoms with Crippen molar-refractivity contribution in [3.63, 3.8) is 0 Å². The number of aliphatic hydroxyl groups is 2. The lowest BCUT2D eigenvalue weighted by Gasteiger charge is -2.16. The summed E-state index contributed by atoms with van der Waals surface area (Å²) in [5.41, 5.74) is 1.13. The van der Waals surface area contributed by atoms with Gasteiger partial charge in [0.1, 0.15) is 6.10 Å². The van der Waals surface area contributed by atoms with Gasteiger partial charge in [0.15, 0.2) is 6.10 Å². The van der Waals surface area contributed by atoms with Crippen molar-refractivity contribution in [1.82, 2.24) is 0 Å². The molecule has 0 saturated carbocycles. The Morgan fingerprint density at radius 2 is 2.00 bits per heavy atom. The number of hydrogen-bond acceptors (Lipinski definition) is 3. The summed E-state index contributed by atoms with van der Waals surface area (Å²) in [6.45, 7) is 1.74. The van der Waals surface area contributed by atoms with Gasteiger partial charge in [0.05, 0.1) is 0 Å². The van der Waals surface area contributed by atoms with Crippen LogP contribution < -0.4 is 0 Å². The van der Waals surface area contributed by atoms with Crippen LogP contribution in [-0.2, 0) is 4.79 Å². The SMILES string of the molecule is Cc1ccc(Br)cc1C(O)C(O)C(=O)O. The third-order valence-electron chi connectivity index (χ3n) is 2.11. The minimum absolute atomic E-state index is 0.402. The van der Waals surface area contributed by atoms with Crippen LogP contribution in [0.5, 0.6) is 0 Å². The van der Waals surface area contributed by atoms with E-state index in [1.54, 1.807) is 25.1 Å². The van der Waals surface area contributed by atoms with Crippen molar-refractivity contribution in [2.24, 2.45) is 0 Å². The van der Waals surface area contributed by atoms with Gasteiger partial charge in [0.25, 0.3) is 0 Å². The number of carboxylic acids is 1. The lowest BCUT2D eigenvalue weighted by Crippen LogP contribution is -2.27. The summed E-state index contributed by atoms with van der Waals surface area (Å²) in [5, 5.41) is 27.4. The van der Waals surface area contributed by atoms with Crippen LogP contribution in [0.3, 0.4) is 0 Å². The number of aliphatic hydroxyl groups excluding tert-OH is 2. The number of rotatable bonds is 3. The molecule has 1 aromatic carbocycles. The number of hydrogen-bond donors (Lipinski definition) is 3. The monoisotopic (exact) mass is 274 g/mol. The Labute approximate surface area is 95.3 Å². The highest BCUT2D eigenvalue weighted by Gasteiger charge is 2.26. The molecule has 4 nitrogen and oxygen atoms in total. The molecular formula is C10H11BrO4. The van der Waals surface area contributed by atoms with E-state index in [0.29, 0.717) is 5.56 Å². The van der Waals surface area contributed by atoms with E-state index in [1.807, 2.05) is 0 Å². The van der Waals surface area contributed by atoms with Gasteiger partial charge in [-0.1, -0.05) is 22.0 Å². The average molecular weight is 275 g/mol. The Kier molecular flexibility index (Phi) is 3.84. The molecule has 3 N–H and O–H groups in total. The molecule has 0 bridgehead atoms. The van der Waals surface area contributed by atoms with Crippen LogP contribution in [0.1, 0.15) is 17.2 Å². The number of carboxylic acid groups (broad SMARTS) is 1. The smallest absolute Gasteiger partial charge is 0.335 e. The summed E-state index contributed by atoms with van der Waals surface area (Å²) in [7, 11) is 0. The molecule has 0 spiro atoms. The fraction of sp³-hybridized carbons (Fsp3) is 0.300. The molecule has 0 fully saturated rings. The van der Waals surface area contributed by atoms with Crippen LogP contribution in [0, 0.1) is 6.92 Å². The molecular weight excluding hydrogens is 264 g/mol. The number of aliphatic carboxylic acids is 1.